The summed E-state index contributed by atoms with van der Waals surface area (Å²) in [6.45, 7) is 3.60. The van der Waals surface area contributed by atoms with Gasteiger partial charge in [-0.3, -0.25) is 0 Å². The summed E-state index contributed by atoms with van der Waals surface area (Å²) in [5, 5.41) is 1.09. The van der Waals surface area contributed by atoms with Crippen molar-refractivity contribution >= 4 is 22.5 Å². The van der Waals surface area contributed by atoms with Crippen LogP contribution >= 0.6 is 0 Å². The summed E-state index contributed by atoms with van der Waals surface area (Å²) in [6, 6.07) is 29.2. The molecule has 1 saturated heterocycles. The van der Waals surface area contributed by atoms with E-state index in [1.165, 1.54) is 11.3 Å². The highest BCUT2D eigenvalue weighted by molar-refractivity contribution is 6.02. The summed E-state index contributed by atoms with van der Waals surface area (Å²) >= 11 is 0. The first-order valence-corrected chi connectivity index (χ1v) is 11.9. The number of hydrogen-bond acceptors (Lipinski definition) is 5. The average Bonchev–Trinajstić information content (AvgIpc) is 3.34. The predicted molar refractivity (Wildman–Crippen MR) is 142 cm³/mol. The van der Waals surface area contributed by atoms with E-state index in [1.807, 2.05) is 18.2 Å². The van der Waals surface area contributed by atoms with Crippen molar-refractivity contribution in [2.75, 3.05) is 43.1 Å². The molecule has 0 radical (unpaired) electrons. The maximum absolute atomic E-state index is 5.42. The first kappa shape index (κ1) is 21.2. The third kappa shape index (κ3) is 3.97. The van der Waals surface area contributed by atoms with Crippen molar-refractivity contribution in [3.8, 4) is 22.6 Å². The molecule has 0 bridgehead atoms. The minimum Gasteiger partial charge on any atom is -0.497 e. The third-order valence-electron chi connectivity index (χ3n) is 6.68. The molecular weight excluding hydrogens is 434 g/mol. The molecule has 174 valence electrons. The molecule has 0 amide bonds. The number of methoxy groups -OCH3 is 1. The standard InChI is InChI=1S/C29H27N5O/c1-35-25-14-8-13-24(19-25)32-15-17-33(18-16-32)28-27-26(22-9-4-2-5-10-22)20-34(29(27)31-21-30-28)23-11-6-3-7-12-23/h2-14,19-21H,15-18H2,1H3. The normalized spacial score (nSPS) is 13.9. The van der Waals surface area contributed by atoms with E-state index in [4.69, 9.17) is 14.7 Å². The Morgan fingerprint density at radius 1 is 0.714 bits per heavy atom. The number of anilines is 2. The zero-order valence-corrected chi connectivity index (χ0v) is 19.7. The van der Waals surface area contributed by atoms with Gasteiger partial charge in [0.05, 0.1) is 12.5 Å². The number of hydrogen-bond donors (Lipinski definition) is 0. The van der Waals surface area contributed by atoms with Crippen LogP contribution in [0.5, 0.6) is 5.75 Å². The maximum atomic E-state index is 5.42. The minimum absolute atomic E-state index is 0.883. The van der Waals surface area contributed by atoms with E-state index in [-0.39, 0.29) is 0 Å². The van der Waals surface area contributed by atoms with Crippen LogP contribution in [-0.4, -0.2) is 47.8 Å². The van der Waals surface area contributed by atoms with Crippen LogP contribution in [0, 0.1) is 0 Å². The van der Waals surface area contributed by atoms with Crippen LogP contribution in [0.15, 0.2) is 97.5 Å². The predicted octanol–water partition coefficient (Wildman–Crippen LogP) is 5.42. The maximum Gasteiger partial charge on any atom is 0.150 e. The zero-order chi connectivity index (χ0) is 23.6. The Bertz CT molecular complexity index is 1440. The first-order valence-electron chi connectivity index (χ1n) is 11.9. The third-order valence-corrected chi connectivity index (χ3v) is 6.68. The van der Waals surface area contributed by atoms with E-state index >= 15 is 0 Å². The number of para-hydroxylation sites is 1. The lowest BCUT2D eigenvalue weighted by Gasteiger charge is -2.37. The number of aromatic nitrogens is 3. The van der Waals surface area contributed by atoms with Crippen LogP contribution in [0.25, 0.3) is 27.8 Å². The molecule has 2 aromatic heterocycles. The fourth-order valence-corrected chi connectivity index (χ4v) is 4.89. The van der Waals surface area contributed by atoms with Crippen molar-refractivity contribution in [2.24, 2.45) is 0 Å². The molecule has 0 N–H and O–H groups in total. The van der Waals surface area contributed by atoms with Gasteiger partial charge in [-0.2, -0.15) is 0 Å². The summed E-state index contributed by atoms with van der Waals surface area (Å²) in [4.78, 5) is 14.4. The van der Waals surface area contributed by atoms with Gasteiger partial charge in [0, 0.05) is 55.4 Å². The molecule has 0 aliphatic carbocycles. The topological polar surface area (TPSA) is 46.4 Å². The molecule has 3 heterocycles. The van der Waals surface area contributed by atoms with Gasteiger partial charge >= 0.3 is 0 Å². The molecular formula is C29H27N5O. The second kappa shape index (κ2) is 9.14. The highest BCUT2D eigenvalue weighted by Gasteiger charge is 2.24. The number of piperazine rings is 1. The quantitative estimate of drug-likeness (QED) is 0.350. The van der Waals surface area contributed by atoms with Gasteiger partial charge in [-0.1, -0.05) is 54.6 Å². The summed E-state index contributed by atoms with van der Waals surface area (Å²) < 4.78 is 7.60. The van der Waals surface area contributed by atoms with Crippen LogP contribution < -0.4 is 14.5 Å². The molecule has 0 atom stereocenters. The Hall–Kier alpha value is -4.32. The number of benzene rings is 3. The van der Waals surface area contributed by atoms with Crippen molar-refractivity contribution in [2.45, 2.75) is 0 Å². The van der Waals surface area contributed by atoms with Gasteiger partial charge in [0.25, 0.3) is 0 Å². The highest BCUT2D eigenvalue weighted by Crippen LogP contribution is 2.37. The molecule has 5 aromatic rings. The first-order chi connectivity index (χ1) is 17.3. The molecule has 0 saturated carbocycles. The SMILES string of the molecule is COc1cccc(N2CCN(c3ncnc4c3c(-c3ccccc3)cn4-c3ccccc3)CC2)c1. The monoisotopic (exact) mass is 461 g/mol. The zero-order valence-electron chi connectivity index (χ0n) is 19.7. The van der Waals surface area contributed by atoms with Gasteiger partial charge in [-0.25, -0.2) is 9.97 Å². The number of ether oxygens (including phenoxy) is 1. The lowest BCUT2D eigenvalue weighted by atomic mass is 10.1. The van der Waals surface area contributed by atoms with Crippen molar-refractivity contribution in [3.63, 3.8) is 0 Å². The van der Waals surface area contributed by atoms with Crippen molar-refractivity contribution < 1.29 is 4.74 Å². The van der Waals surface area contributed by atoms with Crippen LogP contribution in [0.4, 0.5) is 11.5 Å². The van der Waals surface area contributed by atoms with Gasteiger partial charge in [0.15, 0.2) is 5.65 Å². The van der Waals surface area contributed by atoms with E-state index in [1.54, 1.807) is 13.4 Å². The van der Waals surface area contributed by atoms with Crippen LogP contribution in [-0.2, 0) is 0 Å². The molecule has 6 nitrogen and oxygen atoms in total. The molecule has 1 fully saturated rings. The van der Waals surface area contributed by atoms with Crippen LogP contribution in [0.3, 0.4) is 0 Å². The smallest absolute Gasteiger partial charge is 0.150 e. The average molecular weight is 462 g/mol. The minimum atomic E-state index is 0.883. The summed E-state index contributed by atoms with van der Waals surface area (Å²) in [7, 11) is 1.71. The molecule has 0 unspecified atom stereocenters. The molecule has 6 heteroatoms. The molecule has 6 rings (SSSR count). The molecule has 0 spiro atoms. The Balaban J connectivity index is 1.39. The van der Waals surface area contributed by atoms with Gasteiger partial charge < -0.3 is 19.1 Å². The molecule has 1 aliphatic heterocycles. The summed E-state index contributed by atoms with van der Waals surface area (Å²) in [5.41, 5.74) is 5.52. The Morgan fingerprint density at radius 2 is 1.40 bits per heavy atom. The van der Waals surface area contributed by atoms with Crippen LogP contribution in [0.1, 0.15) is 0 Å². The van der Waals surface area contributed by atoms with E-state index in [2.05, 4.69) is 87.3 Å². The summed E-state index contributed by atoms with van der Waals surface area (Å²) in [6.07, 6.45) is 3.89. The van der Waals surface area contributed by atoms with E-state index in [0.29, 0.717) is 0 Å². The summed E-state index contributed by atoms with van der Waals surface area (Å²) in [5.74, 6) is 1.88. The fraction of sp³-hybridized carbons (Fsp3) is 0.172. The van der Waals surface area contributed by atoms with Crippen LogP contribution in [0.2, 0.25) is 0 Å². The van der Waals surface area contributed by atoms with E-state index < -0.39 is 0 Å². The van der Waals surface area contributed by atoms with Crippen molar-refractivity contribution in [1.29, 1.82) is 0 Å². The molecule has 3 aromatic carbocycles. The van der Waals surface area contributed by atoms with Gasteiger partial charge in [-0.15, -0.1) is 0 Å². The van der Waals surface area contributed by atoms with E-state index in [9.17, 15) is 0 Å². The van der Waals surface area contributed by atoms with Gasteiger partial charge in [0.1, 0.15) is 17.9 Å². The van der Waals surface area contributed by atoms with E-state index in [0.717, 1.165) is 60.0 Å². The Kier molecular flexibility index (Phi) is 5.54. The van der Waals surface area contributed by atoms with Gasteiger partial charge in [-0.05, 0) is 29.8 Å². The second-order valence-electron chi connectivity index (χ2n) is 8.69. The van der Waals surface area contributed by atoms with Gasteiger partial charge in [0.2, 0.25) is 0 Å². The second-order valence-corrected chi connectivity index (χ2v) is 8.69. The lowest BCUT2D eigenvalue weighted by molar-refractivity contribution is 0.414. The number of nitrogens with zero attached hydrogens (tertiary/aromatic N) is 5. The number of rotatable bonds is 5. The lowest BCUT2D eigenvalue weighted by Crippen LogP contribution is -2.46. The van der Waals surface area contributed by atoms with Crippen molar-refractivity contribution in [3.05, 3.63) is 97.5 Å². The largest absolute Gasteiger partial charge is 0.497 e. The Labute approximate surface area is 205 Å². The number of fused-ring (bicyclic) bond motifs is 1. The highest BCUT2D eigenvalue weighted by atomic mass is 16.5. The fourth-order valence-electron chi connectivity index (χ4n) is 4.89. The molecule has 35 heavy (non-hydrogen) atoms. The van der Waals surface area contributed by atoms with Crippen molar-refractivity contribution in [1.82, 2.24) is 14.5 Å². The molecule has 1 aliphatic rings. The Morgan fingerprint density at radius 3 is 2.14 bits per heavy atom.